The Balaban J connectivity index is 2.34. The average Bonchev–Trinajstić information content (AvgIpc) is 2.63. The second-order valence-corrected chi connectivity index (χ2v) is 9.49. The van der Waals surface area contributed by atoms with Crippen molar-refractivity contribution in [2.24, 2.45) is 0 Å². The van der Waals surface area contributed by atoms with Gasteiger partial charge in [0.15, 0.2) is 0 Å². The van der Waals surface area contributed by atoms with Crippen LogP contribution in [0.2, 0.25) is 0 Å². The summed E-state index contributed by atoms with van der Waals surface area (Å²) in [5.74, 6) is 0.861. The Bertz CT molecular complexity index is 627. The molecule has 0 aromatic heterocycles. The summed E-state index contributed by atoms with van der Waals surface area (Å²) in [6.45, 7) is 16.3. The second-order valence-electron chi connectivity index (χ2n) is 9.49. The Kier molecular flexibility index (Phi) is 7.56. The highest BCUT2D eigenvalue weighted by Crippen LogP contribution is 2.48. The van der Waals surface area contributed by atoms with E-state index in [1.807, 2.05) is 6.08 Å². The van der Waals surface area contributed by atoms with Gasteiger partial charge in [0.1, 0.15) is 5.75 Å². The molecule has 1 aromatic carbocycles. The van der Waals surface area contributed by atoms with Crippen LogP contribution < -0.4 is 4.74 Å². The zero-order chi connectivity index (χ0) is 20.1. The Morgan fingerprint density at radius 1 is 1.04 bits per heavy atom. The lowest BCUT2D eigenvalue weighted by atomic mass is 9.62. The molecule has 1 unspecified atom stereocenters. The van der Waals surface area contributed by atoms with Crippen LogP contribution in [0.25, 0.3) is 0 Å². The van der Waals surface area contributed by atoms with Gasteiger partial charge < -0.3 is 9.84 Å². The summed E-state index contributed by atoms with van der Waals surface area (Å²) >= 11 is 0. The summed E-state index contributed by atoms with van der Waals surface area (Å²) in [4.78, 5) is 0. The van der Waals surface area contributed by atoms with Gasteiger partial charge in [0, 0.05) is 11.5 Å². The number of aliphatic hydroxyl groups is 1. The van der Waals surface area contributed by atoms with Crippen LogP contribution in [-0.2, 0) is 10.8 Å². The summed E-state index contributed by atoms with van der Waals surface area (Å²) in [5.41, 5.74) is 4.21. The minimum Gasteiger partial charge on any atom is -0.493 e. The van der Waals surface area contributed by atoms with Gasteiger partial charge in [-0.3, -0.25) is 0 Å². The maximum atomic E-state index is 9.88. The summed E-state index contributed by atoms with van der Waals surface area (Å²) < 4.78 is 6.27. The monoisotopic (exact) mass is 372 g/mol. The molecule has 1 atom stereocenters. The lowest BCUT2D eigenvalue weighted by Gasteiger charge is -2.42. The van der Waals surface area contributed by atoms with E-state index in [1.165, 1.54) is 49.7 Å². The molecule has 0 heterocycles. The third-order valence-corrected chi connectivity index (χ3v) is 6.37. The Labute approximate surface area is 167 Å². The third-order valence-electron chi connectivity index (χ3n) is 6.37. The van der Waals surface area contributed by atoms with Gasteiger partial charge in [-0.15, -0.1) is 6.58 Å². The van der Waals surface area contributed by atoms with Crippen LogP contribution in [0.5, 0.6) is 5.75 Å². The normalized spacial score (nSPS) is 18.6. The molecule has 0 bridgehead atoms. The summed E-state index contributed by atoms with van der Waals surface area (Å²) in [6.07, 6.45) is 10.4. The molecule has 152 valence electrons. The molecule has 0 amide bonds. The first kappa shape index (κ1) is 22.0. The average molecular weight is 373 g/mol. The predicted molar refractivity (Wildman–Crippen MR) is 116 cm³/mol. The fourth-order valence-electron chi connectivity index (χ4n) is 4.21. The molecule has 1 aliphatic carbocycles. The van der Waals surface area contributed by atoms with Crippen molar-refractivity contribution in [3.63, 3.8) is 0 Å². The Morgan fingerprint density at radius 2 is 1.63 bits per heavy atom. The maximum Gasteiger partial charge on any atom is 0.123 e. The number of fused-ring (bicyclic) bond motifs is 1. The van der Waals surface area contributed by atoms with Gasteiger partial charge in [0.25, 0.3) is 0 Å². The molecule has 0 radical (unpaired) electrons. The minimum absolute atomic E-state index is 0.0684. The molecule has 1 aliphatic rings. The molecule has 2 nitrogen and oxygen atoms in total. The van der Waals surface area contributed by atoms with E-state index in [2.05, 4.69) is 53.3 Å². The van der Waals surface area contributed by atoms with Gasteiger partial charge in [0.2, 0.25) is 0 Å². The van der Waals surface area contributed by atoms with Gasteiger partial charge in [-0.2, -0.15) is 0 Å². The van der Waals surface area contributed by atoms with Gasteiger partial charge >= 0.3 is 0 Å². The molecule has 0 fully saturated rings. The van der Waals surface area contributed by atoms with Crippen LogP contribution in [0.1, 0.15) is 102 Å². The lowest BCUT2D eigenvalue weighted by molar-refractivity contribution is 0.269. The minimum atomic E-state index is -0.0776. The standard InChI is InChI=1S/C25H40O2/c1-7-9-10-11-12-15-27-23-17-22-21(16-20(23)19(8-2)18-26)24(3,4)13-14-25(22,5)6/h8,16-17,19,26H,2,7,9-15,18H2,1,3-6H3. The Hall–Kier alpha value is -1.28. The summed E-state index contributed by atoms with van der Waals surface area (Å²) in [5, 5.41) is 9.88. The number of hydrogen-bond acceptors (Lipinski definition) is 2. The van der Waals surface area contributed by atoms with E-state index in [1.54, 1.807) is 0 Å². The lowest BCUT2D eigenvalue weighted by Crippen LogP contribution is -2.34. The molecular weight excluding hydrogens is 332 g/mol. The Morgan fingerprint density at radius 3 is 2.19 bits per heavy atom. The SMILES string of the molecule is C=CC(CO)c1cc2c(cc1OCCCCCCC)C(C)(C)CCC2(C)C. The first-order chi connectivity index (χ1) is 12.8. The molecule has 0 saturated heterocycles. The van der Waals surface area contributed by atoms with Crippen molar-refractivity contribution in [1.29, 1.82) is 0 Å². The molecule has 2 heteroatoms. The number of aliphatic hydroxyl groups excluding tert-OH is 1. The van der Waals surface area contributed by atoms with E-state index < -0.39 is 0 Å². The van der Waals surface area contributed by atoms with Crippen LogP contribution in [0.4, 0.5) is 0 Å². The molecule has 0 spiro atoms. The molecular formula is C25H40O2. The topological polar surface area (TPSA) is 29.5 Å². The fourth-order valence-corrected chi connectivity index (χ4v) is 4.21. The van der Waals surface area contributed by atoms with E-state index in [0.717, 1.165) is 24.3 Å². The zero-order valence-corrected chi connectivity index (χ0v) is 18.2. The molecule has 2 rings (SSSR count). The third kappa shape index (κ3) is 5.16. The molecule has 27 heavy (non-hydrogen) atoms. The van der Waals surface area contributed by atoms with Crippen molar-refractivity contribution in [3.05, 3.63) is 41.5 Å². The van der Waals surface area contributed by atoms with Crippen molar-refractivity contribution in [2.45, 2.75) is 96.3 Å². The van der Waals surface area contributed by atoms with Crippen LogP contribution in [0.15, 0.2) is 24.8 Å². The fraction of sp³-hybridized carbons (Fsp3) is 0.680. The van der Waals surface area contributed by atoms with Crippen LogP contribution in [-0.4, -0.2) is 18.3 Å². The smallest absolute Gasteiger partial charge is 0.123 e. The van der Waals surface area contributed by atoms with Crippen LogP contribution >= 0.6 is 0 Å². The van der Waals surface area contributed by atoms with Crippen molar-refractivity contribution in [1.82, 2.24) is 0 Å². The van der Waals surface area contributed by atoms with Gasteiger partial charge in [-0.25, -0.2) is 0 Å². The van der Waals surface area contributed by atoms with Crippen molar-refractivity contribution in [3.8, 4) is 5.75 Å². The number of benzene rings is 1. The van der Waals surface area contributed by atoms with Crippen molar-refractivity contribution >= 4 is 0 Å². The van der Waals surface area contributed by atoms with Crippen LogP contribution in [0.3, 0.4) is 0 Å². The van der Waals surface area contributed by atoms with Gasteiger partial charge in [-0.1, -0.05) is 72.4 Å². The van der Waals surface area contributed by atoms with Gasteiger partial charge in [-0.05, 0) is 47.3 Å². The number of hydrogen-bond donors (Lipinski definition) is 1. The van der Waals surface area contributed by atoms with E-state index in [0.29, 0.717) is 0 Å². The highest BCUT2D eigenvalue weighted by atomic mass is 16.5. The molecule has 1 aromatic rings. The van der Waals surface area contributed by atoms with E-state index in [4.69, 9.17) is 4.74 Å². The number of ether oxygens (including phenoxy) is 1. The quantitative estimate of drug-likeness (QED) is 0.368. The summed E-state index contributed by atoms with van der Waals surface area (Å²) in [7, 11) is 0. The first-order valence-electron chi connectivity index (χ1n) is 10.8. The molecule has 1 N–H and O–H groups in total. The maximum absolute atomic E-state index is 9.88. The second kappa shape index (κ2) is 9.28. The van der Waals surface area contributed by atoms with E-state index in [9.17, 15) is 5.11 Å². The number of unbranched alkanes of at least 4 members (excludes halogenated alkanes) is 4. The molecule has 0 saturated carbocycles. The highest BCUT2D eigenvalue weighted by Gasteiger charge is 2.38. The van der Waals surface area contributed by atoms with Crippen molar-refractivity contribution in [2.75, 3.05) is 13.2 Å². The zero-order valence-electron chi connectivity index (χ0n) is 18.2. The van der Waals surface area contributed by atoms with E-state index >= 15 is 0 Å². The number of rotatable bonds is 10. The predicted octanol–water partition coefficient (Wildman–Crippen LogP) is 6.65. The van der Waals surface area contributed by atoms with Crippen molar-refractivity contribution < 1.29 is 9.84 Å². The summed E-state index contributed by atoms with van der Waals surface area (Å²) in [6, 6.07) is 4.56. The van der Waals surface area contributed by atoms with Crippen LogP contribution in [0, 0.1) is 0 Å². The largest absolute Gasteiger partial charge is 0.493 e. The highest BCUT2D eigenvalue weighted by molar-refractivity contribution is 5.52. The molecule has 0 aliphatic heterocycles. The first-order valence-corrected chi connectivity index (χ1v) is 10.8. The van der Waals surface area contributed by atoms with E-state index in [-0.39, 0.29) is 23.4 Å². The van der Waals surface area contributed by atoms with Gasteiger partial charge in [0.05, 0.1) is 13.2 Å².